The van der Waals surface area contributed by atoms with Crippen molar-refractivity contribution in [2.75, 3.05) is 0 Å². The molecule has 0 heteroatoms. The number of hydrogen-bond acceptors (Lipinski definition) is 0. The van der Waals surface area contributed by atoms with Crippen molar-refractivity contribution in [1.82, 2.24) is 0 Å². The quantitative estimate of drug-likeness (QED) is 0.258. The predicted octanol–water partition coefficient (Wildman–Crippen LogP) is 7.75. The molecule has 0 aliphatic heterocycles. The van der Waals surface area contributed by atoms with Gasteiger partial charge >= 0.3 is 0 Å². The third-order valence-electron chi connectivity index (χ3n) is 5.13. The molecule has 0 heterocycles. The minimum Gasteiger partial charge on any atom is -0.102 e. The zero-order valence-corrected chi connectivity index (χ0v) is 15.9. The Morgan fingerprint density at radius 1 is 0.913 bits per heavy atom. The Bertz CT molecular complexity index is 430. The van der Waals surface area contributed by atoms with E-state index in [1.165, 1.54) is 87.3 Å². The minimum absolute atomic E-state index is 0.461. The number of rotatable bonds is 13. The highest BCUT2D eigenvalue weighted by Gasteiger charge is 2.07. The van der Waals surface area contributed by atoms with Gasteiger partial charge in [0.05, 0.1) is 0 Å². The molecule has 0 nitrogen and oxygen atoms in total. The summed E-state index contributed by atoms with van der Waals surface area (Å²) in [6, 6.07) is 6.78. The van der Waals surface area contributed by atoms with Gasteiger partial charge in [0.25, 0.3) is 0 Å². The predicted molar refractivity (Wildman–Crippen MR) is 105 cm³/mol. The van der Waals surface area contributed by atoms with Crippen LogP contribution in [-0.2, 0) is 6.42 Å². The Kier molecular flexibility index (Phi) is 10.8. The van der Waals surface area contributed by atoms with Crippen molar-refractivity contribution in [2.24, 2.45) is 0 Å². The molecule has 0 aromatic heterocycles. The lowest BCUT2D eigenvalue weighted by Gasteiger charge is -2.14. The summed E-state index contributed by atoms with van der Waals surface area (Å²) in [6.07, 6.45) is 17.4. The number of benzene rings is 1. The van der Waals surface area contributed by atoms with Gasteiger partial charge in [-0.25, -0.2) is 0 Å². The monoisotopic (exact) mass is 314 g/mol. The van der Waals surface area contributed by atoms with E-state index in [1.54, 1.807) is 0 Å². The van der Waals surface area contributed by atoms with Crippen LogP contribution < -0.4 is 0 Å². The van der Waals surface area contributed by atoms with E-state index >= 15 is 0 Å². The van der Waals surface area contributed by atoms with Gasteiger partial charge in [-0.15, -0.1) is 6.58 Å². The zero-order valence-electron chi connectivity index (χ0n) is 15.9. The lowest BCUT2D eigenvalue weighted by atomic mass is 9.91. The van der Waals surface area contributed by atoms with Crippen molar-refractivity contribution >= 4 is 0 Å². The summed E-state index contributed by atoms with van der Waals surface area (Å²) in [7, 11) is 0. The molecule has 0 amide bonds. The van der Waals surface area contributed by atoms with E-state index < -0.39 is 0 Å². The molecule has 1 unspecified atom stereocenters. The normalized spacial score (nSPS) is 12.3. The molecule has 0 saturated heterocycles. The largest absolute Gasteiger partial charge is 0.102 e. The summed E-state index contributed by atoms with van der Waals surface area (Å²) in [5.74, 6) is 0.461. The average molecular weight is 315 g/mol. The summed E-state index contributed by atoms with van der Waals surface area (Å²) < 4.78 is 0. The van der Waals surface area contributed by atoms with E-state index in [4.69, 9.17) is 0 Å². The number of unbranched alkanes of at least 4 members (excludes halogenated alkanes) is 9. The van der Waals surface area contributed by atoms with Crippen LogP contribution in [-0.4, -0.2) is 0 Å². The molecule has 23 heavy (non-hydrogen) atoms. The third kappa shape index (κ3) is 7.86. The van der Waals surface area contributed by atoms with Gasteiger partial charge in [0.2, 0.25) is 0 Å². The van der Waals surface area contributed by atoms with Gasteiger partial charge in [-0.1, -0.05) is 95.9 Å². The highest BCUT2D eigenvalue weighted by molar-refractivity contribution is 5.37. The van der Waals surface area contributed by atoms with Gasteiger partial charge in [0, 0.05) is 0 Å². The second-order valence-electron chi connectivity index (χ2n) is 7.09. The maximum absolute atomic E-state index is 3.94. The second-order valence-corrected chi connectivity index (χ2v) is 7.09. The van der Waals surface area contributed by atoms with Gasteiger partial charge in [-0.2, -0.15) is 0 Å². The molecular formula is C23H38. The van der Waals surface area contributed by atoms with Gasteiger partial charge in [-0.3, -0.25) is 0 Å². The first-order valence-corrected chi connectivity index (χ1v) is 9.91. The van der Waals surface area contributed by atoms with E-state index in [9.17, 15) is 0 Å². The van der Waals surface area contributed by atoms with E-state index in [0.29, 0.717) is 5.92 Å². The van der Waals surface area contributed by atoms with Crippen molar-refractivity contribution in [2.45, 2.75) is 97.3 Å². The number of allylic oxidation sites excluding steroid dienone is 1. The fourth-order valence-corrected chi connectivity index (χ4v) is 3.40. The van der Waals surface area contributed by atoms with Gasteiger partial charge in [0.1, 0.15) is 0 Å². The molecular weight excluding hydrogens is 276 g/mol. The third-order valence-corrected chi connectivity index (χ3v) is 5.13. The SMILES string of the molecule is C=CC(C)c1cccc(CCCCCCCCCCCC)c1C. The lowest BCUT2D eigenvalue weighted by Crippen LogP contribution is -1.98. The highest BCUT2D eigenvalue weighted by atomic mass is 14.1. The molecule has 0 aliphatic rings. The molecule has 1 atom stereocenters. The van der Waals surface area contributed by atoms with Gasteiger partial charge in [0.15, 0.2) is 0 Å². The fraction of sp³-hybridized carbons (Fsp3) is 0.652. The first kappa shape index (κ1) is 20.0. The molecule has 0 spiro atoms. The van der Waals surface area contributed by atoms with Crippen LogP contribution in [0.5, 0.6) is 0 Å². The maximum Gasteiger partial charge on any atom is -0.00104 e. The van der Waals surface area contributed by atoms with Crippen LogP contribution in [0.1, 0.15) is 101 Å². The summed E-state index contributed by atoms with van der Waals surface area (Å²) in [5.41, 5.74) is 4.47. The van der Waals surface area contributed by atoms with Crippen molar-refractivity contribution in [3.05, 3.63) is 47.5 Å². The van der Waals surface area contributed by atoms with Crippen LogP contribution in [0.25, 0.3) is 0 Å². The van der Waals surface area contributed by atoms with Crippen LogP contribution in [0.3, 0.4) is 0 Å². The fourth-order valence-electron chi connectivity index (χ4n) is 3.40. The average Bonchev–Trinajstić information content (AvgIpc) is 2.57. The molecule has 0 bridgehead atoms. The Morgan fingerprint density at radius 3 is 2.04 bits per heavy atom. The first-order valence-electron chi connectivity index (χ1n) is 9.91. The topological polar surface area (TPSA) is 0 Å². The summed E-state index contributed by atoms with van der Waals surface area (Å²) in [4.78, 5) is 0. The molecule has 1 rings (SSSR count). The molecule has 130 valence electrons. The Hall–Kier alpha value is -1.04. The molecule has 1 aromatic rings. The van der Waals surface area contributed by atoms with E-state index in [0.717, 1.165) is 0 Å². The molecule has 0 saturated carbocycles. The molecule has 1 aromatic carbocycles. The van der Waals surface area contributed by atoms with E-state index in [2.05, 4.69) is 45.5 Å². The van der Waals surface area contributed by atoms with Crippen molar-refractivity contribution in [1.29, 1.82) is 0 Å². The second kappa shape index (κ2) is 12.4. The van der Waals surface area contributed by atoms with E-state index in [1.807, 2.05) is 6.08 Å². The van der Waals surface area contributed by atoms with Crippen LogP contribution >= 0.6 is 0 Å². The van der Waals surface area contributed by atoms with E-state index in [-0.39, 0.29) is 0 Å². The zero-order chi connectivity index (χ0) is 16.9. The number of hydrogen-bond donors (Lipinski definition) is 0. The van der Waals surface area contributed by atoms with Gasteiger partial charge < -0.3 is 0 Å². The van der Waals surface area contributed by atoms with Crippen LogP contribution in [0.15, 0.2) is 30.9 Å². The highest BCUT2D eigenvalue weighted by Crippen LogP contribution is 2.24. The standard InChI is InChI=1S/C23H38/c1-5-7-8-9-10-11-12-13-14-15-17-22-18-16-19-23(21(22)4)20(3)6-2/h6,16,18-20H,2,5,7-15,17H2,1,3-4H3. The van der Waals surface area contributed by atoms with Crippen molar-refractivity contribution in [3.8, 4) is 0 Å². The molecule has 0 N–H and O–H groups in total. The Labute approximate surface area is 145 Å². The van der Waals surface area contributed by atoms with Crippen LogP contribution in [0, 0.1) is 6.92 Å². The molecule has 0 aliphatic carbocycles. The van der Waals surface area contributed by atoms with Crippen molar-refractivity contribution < 1.29 is 0 Å². The van der Waals surface area contributed by atoms with Crippen LogP contribution in [0.2, 0.25) is 0 Å². The minimum atomic E-state index is 0.461. The first-order chi connectivity index (χ1) is 11.2. The summed E-state index contributed by atoms with van der Waals surface area (Å²) in [5, 5.41) is 0. The van der Waals surface area contributed by atoms with Crippen molar-refractivity contribution in [3.63, 3.8) is 0 Å². The maximum atomic E-state index is 3.94. The summed E-state index contributed by atoms with van der Waals surface area (Å²) in [6.45, 7) is 10.7. The molecule has 0 fully saturated rings. The summed E-state index contributed by atoms with van der Waals surface area (Å²) >= 11 is 0. The Balaban J connectivity index is 2.18. The van der Waals surface area contributed by atoms with Gasteiger partial charge in [-0.05, 0) is 42.4 Å². The smallest absolute Gasteiger partial charge is 0.00104 e. The number of aryl methyl sites for hydroxylation is 1. The van der Waals surface area contributed by atoms with Crippen LogP contribution in [0.4, 0.5) is 0 Å². The Morgan fingerprint density at radius 2 is 1.48 bits per heavy atom. The molecule has 0 radical (unpaired) electrons. The lowest BCUT2D eigenvalue weighted by molar-refractivity contribution is 0.556.